The maximum Gasteiger partial charge on any atom is 0.103 e. The fourth-order valence-electron chi connectivity index (χ4n) is 6.05. The largest absolute Gasteiger partial charge is 0.385 e. The first-order chi connectivity index (χ1) is 19.6. The van der Waals surface area contributed by atoms with Gasteiger partial charge in [0.1, 0.15) is 11.7 Å². The summed E-state index contributed by atoms with van der Waals surface area (Å²) in [6, 6.07) is 9.62. The molecular formula is C33H55N7. The summed E-state index contributed by atoms with van der Waals surface area (Å²) >= 11 is 0. The van der Waals surface area contributed by atoms with E-state index in [1.54, 1.807) is 0 Å². The first-order valence-electron chi connectivity index (χ1n) is 16.1. The van der Waals surface area contributed by atoms with E-state index in [9.17, 15) is 0 Å². The van der Waals surface area contributed by atoms with Gasteiger partial charge in [0.2, 0.25) is 0 Å². The second kappa shape index (κ2) is 16.8. The Balaban J connectivity index is 1.17. The van der Waals surface area contributed by atoms with E-state index in [0.29, 0.717) is 12.4 Å². The van der Waals surface area contributed by atoms with E-state index in [-0.39, 0.29) is 0 Å². The van der Waals surface area contributed by atoms with Gasteiger partial charge in [-0.15, -0.1) is 0 Å². The van der Waals surface area contributed by atoms with Crippen LogP contribution in [0.15, 0.2) is 52.4 Å². The van der Waals surface area contributed by atoms with Gasteiger partial charge in [-0.1, -0.05) is 56.9 Å². The number of unbranched alkanes of at least 4 members (excludes halogenated alkanes) is 1. The highest BCUT2D eigenvalue weighted by atomic mass is 15.3. The SMILES string of the molecule is CCCCN1CCN(C2=C(C)CCC(=NCc3ccc(CNCCCNC4CCCCC4)cc3)NC(N)=C2)CC1. The van der Waals surface area contributed by atoms with Crippen molar-refractivity contribution < 1.29 is 0 Å². The molecule has 40 heavy (non-hydrogen) atoms. The number of hydrogen-bond donors (Lipinski definition) is 4. The highest BCUT2D eigenvalue weighted by Crippen LogP contribution is 2.21. The van der Waals surface area contributed by atoms with Gasteiger partial charge in [0.05, 0.1) is 6.54 Å². The van der Waals surface area contributed by atoms with Gasteiger partial charge >= 0.3 is 0 Å². The Bertz CT molecular complexity index is 967. The summed E-state index contributed by atoms with van der Waals surface area (Å²) in [5.41, 5.74) is 11.7. The molecule has 0 atom stereocenters. The molecule has 1 saturated carbocycles. The van der Waals surface area contributed by atoms with Crippen LogP contribution in [-0.2, 0) is 13.1 Å². The third-order valence-corrected chi connectivity index (χ3v) is 8.67. The van der Waals surface area contributed by atoms with Crippen LogP contribution < -0.4 is 21.7 Å². The van der Waals surface area contributed by atoms with Gasteiger partial charge < -0.3 is 26.6 Å². The monoisotopic (exact) mass is 549 g/mol. The van der Waals surface area contributed by atoms with E-state index in [1.165, 1.54) is 80.3 Å². The third kappa shape index (κ3) is 10.2. The molecule has 7 heteroatoms. The van der Waals surface area contributed by atoms with E-state index in [4.69, 9.17) is 10.7 Å². The molecule has 0 amide bonds. The lowest BCUT2D eigenvalue weighted by Gasteiger charge is -2.38. The lowest BCUT2D eigenvalue weighted by atomic mass is 9.95. The smallest absolute Gasteiger partial charge is 0.103 e. The van der Waals surface area contributed by atoms with Crippen molar-refractivity contribution in [1.29, 1.82) is 0 Å². The maximum atomic E-state index is 6.44. The lowest BCUT2D eigenvalue weighted by Crippen LogP contribution is -2.46. The van der Waals surface area contributed by atoms with Gasteiger partial charge in [0, 0.05) is 57.0 Å². The Morgan fingerprint density at radius 1 is 0.950 bits per heavy atom. The number of piperazine rings is 1. The number of benzene rings is 1. The summed E-state index contributed by atoms with van der Waals surface area (Å²) in [6.07, 6.45) is 14.7. The summed E-state index contributed by atoms with van der Waals surface area (Å²) in [5, 5.41) is 10.7. The van der Waals surface area contributed by atoms with Gasteiger partial charge in [0.25, 0.3) is 0 Å². The van der Waals surface area contributed by atoms with Crippen LogP contribution >= 0.6 is 0 Å². The van der Waals surface area contributed by atoms with Crippen LogP contribution in [0.2, 0.25) is 0 Å². The average Bonchev–Trinajstić information content (AvgIpc) is 2.98. The molecule has 1 saturated heterocycles. The van der Waals surface area contributed by atoms with Crippen molar-refractivity contribution in [1.82, 2.24) is 25.8 Å². The van der Waals surface area contributed by atoms with Crippen molar-refractivity contribution in [3.05, 3.63) is 58.6 Å². The van der Waals surface area contributed by atoms with E-state index in [0.717, 1.165) is 70.5 Å². The highest BCUT2D eigenvalue weighted by molar-refractivity contribution is 5.84. The zero-order valence-electron chi connectivity index (χ0n) is 25.3. The fraction of sp³-hybridized carbons (Fsp3) is 0.667. The van der Waals surface area contributed by atoms with Crippen molar-refractivity contribution in [2.24, 2.45) is 10.7 Å². The molecule has 1 aliphatic carbocycles. The van der Waals surface area contributed by atoms with Crippen LogP contribution in [0, 0.1) is 0 Å². The molecule has 0 unspecified atom stereocenters. The fourth-order valence-corrected chi connectivity index (χ4v) is 6.05. The molecule has 1 aromatic carbocycles. The minimum Gasteiger partial charge on any atom is -0.385 e. The zero-order chi connectivity index (χ0) is 28.0. The number of nitrogens with zero attached hydrogens (tertiary/aromatic N) is 3. The standard InChI is InChI=1S/C33H55N7/c1-3-4-19-39-20-22-40(23-21-39)31-24-32(34)38-33(16-11-27(31)2)37-26-29-14-12-28(13-15-29)25-35-17-8-18-36-30-9-6-5-7-10-30/h12-15,24,30,35-36H,3-11,16-23,25-26,34H2,1-2H3,(H,37,38). The van der Waals surface area contributed by atoms with Crippen molar-refractivity contribution in [2.75, 3.05) is 45.8 Å². The number of rotatable bonds is 13. The van der Waals surface area contributed by atoms with Gasteiger partial charge in [-0.05, 0) is 75.4 Å². The first kappa shape index (κ1) is 30.6. The van der Waals surface area contributed by atoms with Gasteiger partial charge in [-0.25, -0.2) is 0 Å². The van der Waals surface area contributed by atoms with Crippen molar-refractivity contribution in [2.45, 2.75) is 97.2 Å². The summed E-state index contributed by atoms with van der Waals surface area (Å²) in [7, 11) is 0. The molecule has 0 spiro atoms. The molecule has 4 rings (SSSR count). The Hall–Kier alpha value is -2.35. The van der Waals surface area contributed by atoms with Crippen LogP contribution in [0.5, 0.6) is 0 Å². The summed E-state index contributed by atoms with van der Waals surface area (Å²) in [6.45, 7) is 13.9. The van der Waals surface area contributed by atoms with E-state index >= 15 is 0 Å². The summed E-state index contributed by atoms with van der Waals surface area (Å²) < 4.78 is 0. The molecule has 2 fully saturated rings. The predicted octanol–water partition coefficient (Wildman–Crippen LogP) is 4.86. The average molecular weight is 550 g/mol. The predicted molar refractivity (Wildman–Crippen MR) is 169 cm³/mol. The highest BCUT2D eigenvalue weighted by Gasteiger charge is 2.20. The molecule has 2 heterocycles. The van der Waals surface area contributed by atoms with Crippen LogP contribution in [0.25, 0.3) is 0 Å². The molecule has 0 aromatic heterocycles. The second-order valence-electron chi connectivity index (χ2n) is 12.0. The van der Waals surface area contributed by atoms with Gasteiger partial charge in [0.15, 0.2) is 0 Å². The number of allylic oxidation sites excluding steroid dienone is 2. The number of hydrogen-bond acceptors (Lipinski definition) is 6. The second-order valence-corrected chi connectivity index (χ2v) is 12.0. The van der Waals surface area contributed by atoms with Crippen LogP contribution in [0.3, 0.4) is 0 Å². The topological polar surface area (TPSA) is 81.0 Å². The quantitative estimate of drug-likeness (QED) is 0.263. The Morgan fingerprint density at radius 2 is 1.70 bits per heavy atom. The molecule has 7 nitrogen and oxygen atoms in total. The summed E-state index contributed by atoms with van der Waals surface area (Å²) in [5.74, 6) is 1.67. The van der Waals surface area contributed by atoms with Crippen molar-refractivity contribution in [3.63, 3.8) is 0 Å². The zero-order valence-corrected chi connectivity index (χ0v) is 25.3. The number of nitrogens with one attached hydrogen (secondary N) is 3. The Kier molecular flexibility index (Phi) is 12.9. The maximum absolute atomic E-state index is 6.44. The van der Waals surface area contributed by atoms with Gasteiger partial charge in [-0.2, -0.15) is 0 Å². The Labute approximate surface area is 243 Å². The number of aliphatic imine (C=N–C) groups is 1. The number of nitrogens with two attached hydrogens (primary N) is 1. The van der Waals surface area contributed by atoms with E-state index in [1.807, 2.05) is 0 Å². The van der Waals surface area contributed by atoms with Crippen LogP contribution in [-0.4, -0.2) is 67.5 Å². The molecule has 5 N–H and O–H groups in total. The first-order valence-corrected chi connectivity index (χ1v) is 16.1. The summed E-state index contributed by atoms with van der Waals surface area (Å²) in [4.78, 5) is 10.0. The lowest BCUT2D eigenvalue weighted by molar-refractivity contribution is 0.159. The molecule has 1 aromatic rings. The minimum absolute atomic E-state index is 0.672. The van der Waals surface area contributed by atoms with Crippen LogP contribution in [0.4, 0.5) is 0 Å². The van der Waals surface area contributed by atoms with Crippen molar-refractivity contribution >= 4 is 5.84 Å². The van der Waals surface area contributed by atoms with Crippen molar-refractivity contribution in [3.8, 4) is 0 Å². The molecule has 222 valence electrons. The van der Waals surface area contributed by atoms with Crippen LogP contribution in [0.1, 0.15) is 89.2 Å². The molecule has 3 aliphatic rings. The van der Waals surface area contributed by atoms with E-state index < -0.39 is 0 Å². The molecular weight excluding hydrogens is 494 g/mol. The van der Waals surface area contributed by atoms with Gasteiger partial charge in [-0.3, -0.25) is 9.89 Å². The minimum atomic E-state index is 0.672. The Morgan fingerprint density at radius 3 is 2.45 bits per heavy atom. The molecule has 0 bridgehead atoms. The number of amidine groups is 1. The molecule has 2 aliphatic heterocycles. The normalized spacial score (nSPS) is 20.8. The molecule has 0 radical (unpaired) electrons. The third-order valence-electron chi connectivity index (χ3n) is 8.67. The van der Waals surface area contributed by atoms with E-state index in [2.05, 4.69) is 69.9 Å².